The first-order chi connectivity index (χ1) is 10.1. The quantitative estimate of drug-likeness (QED) is 0.827. The Morgan fingerprint density at radius 1 is 1.38 bits per heavy atom. The zero-order valence-corrected chi connectivity index (χ0v) is 14.0. The maximum atomic E-state index is 5.18. The summed E-state index contributed by atoms with van der Waals surface area (Å²) in [6.45, 7) is 10.5. The van der Waals surface area contributed by atoms with Gasteiger partial charge in [0.2, 0.25) is 0 Å². The molecular formula is C16H30N4O. The summed E-state index contributed by atoms with van der Waals surface area (Å²) in [4.78, 5) is 7.14. The van der Waals surface area contributed by atoms with E-state index in [0.717, 1.165) is 43.7 Å². The normalized spacial score (nSPS) is 20.1. The van der Waals surface area contributed by atoms with Crippen LogP contribution in [0, 0.1) is 19.8 Å². The molecule has 0 spiro atoms. The highest BCUT2D eigenvalue weighted by atomic mass is 16.5. The molecule has 1 saturated heterocycles. The molecule has 1 N–H and O–H groups in total. The van der Waals surface area contributed by atoms with Crippen LogP contribution in [0.3, 0.4) is 0 Å². The minimum absolute atomic E-state index is 0.748. The van der Waals surface area contributed by atoms with Crippen molar-refractivity contribution in [3.8, 4) is 0 Å². The standard InChI is InChI=1S/C16H30N4O/c1-13-14(2)19(3)16(18-13)11-17-10-15-6-5-7-20(12-15)8-9-21-4/h15,17H,5-12H2,1-4H3. The molecule has 120 valence electrons. The Balaban J connectivity index is 1.74. The number of likely N-dealkylation sites (tertiary alicyclic amines) is 1. The molecule has 0 amide bonds. The van der Waals surface area contributed by atoms with Gasteiger partial charge in [0.25, 0.3) is 0 Å². The van der Waals surface area contributed by atoms with Gasteiger partial charge >= 0.3 is 0 Å². The zero-order valence-electron chi connectivity index (χ0n) is 14.0. The van der Waals surface area contributed by atoms with Gasteiger partial charge in [0.15, 0.2) is 0 Å². The first-order valence-electron chi connectivity index (χ1n) is 8.02. The van der Waals surface area contributed by atoms with Gasteiger partial charge in [0.05, 0.1) is 18.8 Å². The number of piperidine rings is 1. The summed E-state index contributed by atoms with van der Waals surface area (Å²) in [5.74, 6) is 1.88. The molecule has 2 heterocycles. The van der Waals surface area contributed by atoms with E-state index in [9.17, 15) is 0 Å². The van der Waals surface area contributed by atoms with Crippen molar-refractivity contribution in [3.05, 3.63) is 17.2 Å². The molecule has 1 unspecified atom stereocenters. The van der Waals surface area contributed by atoms with Crippen molar-refractivity contribution in [2.45, 2.75) is 33.2 Å². The molecule has 21 heavy (non-hydrogen) atoms. The van der Waals surface area contributed by atoms with Crippen LogP contribution in [-0.2, 0) is 18.3 Å². The fourth-order valence-electron chi connectivity index (χ4n) is 3.07. The topological polar surface area (TPSA) is 42.3 Å². The Bertz CT molecular complexity index is 444. The van der Waals surface area contributed by atoms with Crippen molar-refractivity contribution in [3.63, 3.8) is 0 Å². The highest BCUT2D eigenvalue weighted by molar-refractivity contribution is 5.13. The van der Waals surface area contributed by atoms with Crippen LogP contribution in [0.25, 0.3) is 0 Å². The number of nitrogens with one attached hydrogen (secondary N) is 1. The summed E-state index contributed by atoms with van der Waals surface area (Å²) in [5, 5.41) is 3.59. The van der Waals surface area contributed by atoms with E-state index in [1.165, 1.54) is 31.6 Å². The number of nitrogens with zero attached hydrogens (tertiary/aromatic N) is 3. The van der Waals surface area contributed by atoms with Crippen molar-refractivity contribution < 1.29 is 4.74 Å². The maximum absolute atomic E-state index is 5.18. The highest BCUT2D eigenvalue weighted by Crippen LogP contribution is 2.15. The minimum Gasteiger partial charge on any atom is -0.383 e. The van der Waals surface area contributed by atoms with Crippen molar-refractivity contribution in [2.75, 3.05) is 39.9 Å². The van der Waals surface area contributed by atoms with Gasteiger partial charge < -0.3 is 19.5 Å². The van der Waals surface area contributed by atoms with Gasteiger partial charge in [0, 0.05) is 32.9 Å². The lowest BCUT2D eigenvalue weighted by Gasteiger charge is -2.32. The first-order valence-corrected chi connectivity index (χ1v) is 8.02. The number of hydrogen-bond acceptors (Lipinski definition) is 4. The molecule has 1 aliphatic rings. The van der Waals surface area contributed by atoms with E-state index in [0.29, 0.717) is 0 Å². The van der Waals surface area contributed by atoms with E-state index >= 15 is 0 Å². The molecule has 0 radical (unpaired) electrons. The number of aryl methyl sites for hydroxylation is 1. The van der Waals surface area contributed by atoms with Crippen molar-refractivity contribution in [2.24, 2.45) is 13.0 Å². The van der Waals surface area contributed by atoms with E-state index in [1.807, 2.05) is 0 Å². The summed E-state index contributed by atoms with van der Waals surface area (Å²) in [5.41, 5.74) is 2.40. The number of ether oxygens (including phenoxy) is 1. The van der Waals surface area contributed by atoms with E-state index in [4.69, 9.17) is 4.74 Å². The van der Waals surface area contributed by atoms with Crippen LogP contribution in [0.2, 0.25) is 0 Å². The minimum atomic E-state index is 0.748. The lowest BCUT2D eigenvalue weighted by Crippen LogP contribution is -2.41. The second kappa shape index (κ2) is 7.92. The van der Waals surface area contributed by atoms with Crippen molar-refractivity contribution in [1.29, 1.82) is 0 Å². The Morgan fingerprint density at radius 3 is 2.86 bits per heavy atom. The van der Waals surface area contributed by atoms with Gasteiger partial charge in [-0.2, -0.15) is 0 Å². The molecule has 0 bridgehead atoms. The molecule has 1 aromatic heterocycles. The first kappa shape index (κ1) is 16.5. The van der Waals surface area contributed by atoms with Gasteiger partial charge in [-0.1, -0.05) is 0 Å². The monoisotopic (exact) mass is 294 g/mol. The molecule has 5 heteroatoms. The van der Waals surface area contributed by atoms with Gasteiger partial charge in [-0.25, -0.2) is 4.98 Å². The van der Waals surface area contributed by atoms with Crippen LogP contribution in [-0.4, -0.2) is 54.3 Å². The summed E-state index contributed by atoms with van der Waals surface area (Å²) in [6, 6.07) is 0. The predicted molar refractivity (Wildman–Crippen MR) is 85.4 cm³/mol. The maximum Gasteiger partial charge on any atom is 0.122 e. The van der Waals surface area contributed by atoms with Gasteiger partial charge in [-0.15, -0.1) is 0 Å². The fraction of sp³-hybridized carbons (Fsp3) is 0.812. The summed E-state index contributed by atoms with van der Waals surface area (Å²) >= 11 is 0. The van der Waals surface area contributed by atoms with E-state index in [-0.39, 0.29) is 0 Å². The van der Waals surface area contributed by atoms with Gasteiger partial charge in [0.1, 0.15) is 5.82 Å². The largest absolute Gasteiger partial charge is 0.383 e. The SMILES string of the molecule is COCCN1CCCC(CNCc2nc(C)c(C)n2C)C1. The third-order valence-corrected chi connectivity index (χ3v) is 4.64. The number of methoxy groups -OCH3 is 1. The van der Waals surface area contributed by atoms with Crippen LogP contribution < -0.4 is 5.32 Å². The molecule has 0 aliphatic carbocycles. The predicted octanol–water partition coefficient (Wildman–Crippen LogP) is 1.48. The second-order valence-corrected chi connectivity index (χ2v) is 6.19. The summed E-state index contributed by atoms with van der Waals surface area (Å²) in [7, 11) is 3.87. The molecule has 2 rings (SSSR count). The number of imidazole rings is 1. The fourth-order valence-corrected chi connectivity index (χ4v) is 3.07. The number of aromatic nitrogens is 2. The third-order valence-electron chi connectivity index (χ3n) is 4.64. The average molecular weight is 294 g/mol. The van der Waals surface area contributed by atoms with Crippen LogP contribution in [0.5, 0.6) is 0 Å². The van der Waals surface area contributed by atoms with Gasteiger partial charge in [-0.05, 0) is 45.7 Å². The van der Waals surface area contributed by atoms with Crippen LogP contribution in [0.1, 0.15) is 30.1 Å². The van der Waals surface area contributed by atoms with Crippen molar-refractivity contribution in [1.82, 2.24) is 19.8 Å². The van der Waals surface area contributed by atoms with Crippen LogP contribution in [0.15, 0.2) is 0 Å². The van der Waals surface area contributed by atoms with Crippen molar-refractivity contribution >= 4 is 0 Å². The van der Waals surface area contributed by atoms with E-state index in [2.05, 4.69) is 40.7 Å². The summed E-state index contributed by atoms with van der Waals surface area (Å²) < 4.78 is 7.37. The van der Waals surface area contributed by atoms with Crippen LogP contribution in [0.4, 0.5) is 0 Å². The van der Waals surface area contributed by atoms with E-state index in [1.54, 1.807) is 7.11 Å². The Hall–Kier alpha value is -0.910. The Morgan fingerprint density at radius 2 is 2.19 bits per heavy atom. The lowest BCUT2D eigenvalue weighted by molar-refractivity contribution is 0.114. The smallest absolute Gasteiger partial charge is 0.122 e. The molecule has 5 nitrogen and oxygen atoms in total. The molecule has 1 aliphatic heterocycles. The third kappa shape index (κ3) is 4.53. The summed E-state index contributed by atoms with van der Waals surface area (Å²) in [6.07, 6.45) is 2.63. The highest BCUT2D eigenvalue weighted by Gasteiger charge is 2.19. The lowest BCUT2D eigenvalue weighted by atomic mass is 9.98. The Kier molecular flexibility index (Phi) is 6.21. The molecule has 0 saturated carbocycles. The van der Waals surface area contributed by atoms with E-state index < -0.39 is 0 Å². The Labute approximate surface area is 128 Å². The average Bonchev–Trinajstić information content (AvgIpc) is 2.73. The number of hydrogen-bond donors (Lipinski definition) is 1. The number of rotatable bonds is 7. The molecule has 1 fully saturated rings. The molecular weight excluding hydrogens is 264 g/mol. The van der Waals surface area contributed by atoms with Gasteiger partial charge in [-0.3, -0.25) is 0 Å². The molecule has 0 aromatic carbocycles. The molecule has 1 atom stereocenters. The van der Waals surface area contributed by atoms with Crippen LogP contribution >= 0.6 is 0 Å². The second-order valence-electron chi connectivity index (χ2n) is 6.19. The zero-order chi connectivity index (χ0) is 15.2. The molecule has 1 aromatic rings.